The van der Waals surface area contributed by atoms with Gasteiger partial charge in [0.15, 0.2) is 5.65 Å². The molecule has 2 aromatic heterocycles. The van der Waals surface area contributed by atoms with Gasteiger partial charge in [-0.05, 0) is 36.5 Å². The van der Waals surface area contributed by atoms with Crippen molar-refractivity contribution in [2.45, 2.75) is 51.9 Å². The number of benzene rings is 1. The van der Waals surface area contributed by atoms with Crippen molar-refractivity contribution in [1.82, 2.24) is 24.8 Å². The molecule has 34 heavy (non-hydrogen) atoms. The van der Waals surface area contributed by atoms with Gasteiger partial charge >= 0.3 is 6.18 Å². The highest BCUT2D eigenvalue weighted by Crippen LogP contribution is 2.37. The molecule has 1 atom stereocenters. The third-order valence-electron chi connectivity index (χ3n) is 6.18. The van der Waals surface area contributed by atoms with Gasteiger partial charge in [0.1, 0.15) is 23.0 Å². The van der Waals surface area contributed by atoms with Crippen LogP contribution in [0.3, 0.4) is 0 Å². The van der Waals surface area contributed by atoms with Crippen molar-refractivity contribution >= 4 is 5.65 Å². The van der Waals surface area contributed by atoms with Crippen molar-refractivity contribution < 1.29 is 22.0 Å². The number of fused-ring (bicyclic) bond motifs is 1. The molecule has 5 rings (SSSR count). The molecule has 1 unspecified atom stereocenters. The summed E-state index contributed by atoms with van der Waals surface area (Å²) in [5.41, 5.74) is -0.556. The second kappa shape index (κ2) is 9.95. The van der Waals surface area contributed by atoms with Gasteiger partial charge in [-0.25, -0.2) is 8.78 Å². The Balaban J connectivity index is 0.00000133. The predicted octanol–water partition coefficient (Wildman–Crippen LogP) is 5.15. The van der Waals surface area contributed by atoms with Crippen molar-refractivity contribution in [3.05, 3.63) is 64.6 Å². The molecule has 184 valence electrons. The number of rotatable bonds is 5. The number of alkyl halides is 3. The molecule has 0 radical (unpaired) electrons. The summed E-state index contributed by atoms with van der Waals surface area (Å²) in [5, 5.41) is 11.1. The summed E-state index contributed by atoms with van der Waals surface area (Å²) in [5.74, 6) is -0.320. The maximum absolute atomic E-state index is 14.2. The van der Waals surface area contributed by atoms with Gasteiger partial charge in [0.25, 0.3) is 0 Å². The SMILES string of the molecule is CC.Fc1ccc(C2CN(Cc3ccn4c(CC5CC5)nnc4c3C(F)(F)F)CCN2)c(F)c1. The largest absolute Gasteiger partial charge is 0.420 e. The second-order valence-corrected chi connectivity index (χ2v) is 8.58. The van der Waals surface area contributed by atoms with Gasteiger partial charge in [0.2, 0.25) is 0 Å². The second-order valence-electron chi connectivity index (χ2n) is 8.58. The van der Waals surface area contributed by atoms with Crippen LogP contribution in [0.2, 0.25) is 0 Å². The van der Waals surface area contributed by atoms with Crippen LogP contribution in [0.1, 0.15) is 55.2 Å². The Kier molecular flexibility index (Phi) is 7.18. The van der Waals surface area contributed by atoms with Crippen molar-refractivity contribution in [2.75, 3.05) is 19.6 Å². The van der Waals surface area contributed by atoms with E-state index in [1.54, 1.807) is 6.20 Å². The van der Waals surface area contributed by atoms with Crippen LogP contribution in [0.5, 0.6) is 0 Å². The Hall–Kier alpha value is -2.59. The van der Waals surface area contributed by atoms with Crippen molar-refractivity contribution in [3.63, 3.8) is 0 Å². The summed E-state index contributed by atoms with van der Waals surface area (Å²) in [6, 6.07) is 4.40. The summed E-state index contributed by atoms with van der Waals surface area (Å²) in [6.07, 6.45) is -0.217. The Labute approximate surface area is 195 Å². The number of piperazine rings is 1. The first-order chi connectivity index (χ1) is 16.3. The Morgan fingerprint density at radius 2 is 1.85 bits per heavy atom. The normalized spacial score (nSPS) is 19.2. The third-order valence-corrected chi connectivity index (χ3v) is 6.18. The lowest BCUT2D eigenvalue weighted by molar-refractivity contribution is -0.137. The number of nitrogens with one attached hydrogen (secondary N) is 1. The van der Waals surface area contributed by atoms with Crippen LogP contribution in [-0.4, -0.2) is 39.1 Å². The van der Waals surface area contributed by atoms with Gasteiger partial charge in [-0.3, -0.25) is 9.30 Å². The number of hydrogen-bond acceptors (Lipinski definition) is 4. The molecule has 1 aromatic carbocycles. The van der Waals surface area contributed by atoms with E-state index in [0.717, 1.165) is 18.9 Å². The van der Waals surface area contributed by atoms with Gasteiger partial charge in [0, 0.05) is 56.5 Å². The molecule has 0 spiro atoms. The van der Waals surface area contributed by atoms with Crippen LogP contribution in [-0.2, 0) is 19.1 Å². The van der Waals surface area contributed by atoms with Crippen LogP contribution in [0.4, 0.5) is 22.0 Å². The molecule has 1 aliphatic carbocycles. The van der Waals surface area contributed by atoms with E-state index in [1.807, 2.05) is 18.7 Å². The number of aromatic nitrogens is 3. The summed E-state index contributed by atoms with van der Waals surface area (Å²) >= 11 is 0. The van der Waals surface area contributed by atoms with Crippen LogP contribution >= 0.6 is 0 Å². The molecule has 1 saturated carbocycles. The predicted molar refractivity (Wildman–Crippen MR) is 118 cm³/mol. The quantitative estimate of drug-likeness (QED) is 0.512. The van der Waals surface area contributed by atoms with Crippen molar-refractivity contribution in [3.8, 4) is 0 Å². The molecule has 1 saturated heterocycles. The van der Waals surface area contributed by atoms with Gasteiger partial charge in [0.05, 0.1) is 0 Å². The van der Waals surface area contributed by atoms with Crippen molar-refractivity contribution in [1.29, 1.82) is 0 Å². The molecule has 2 aliphatic rings. The minimum atomic E-state index is -4.59. The smallest absolute Gasteiger partial charge is 0.307 e. The van der Waals surface area contributed by atoms with E-state index >= 15 is 0 Å². The topological polar surface area (TPSA) is 45.5 Å². The van der Waals surface area contributed by atoms with E-state index in [9.17, 15) is 22.0 Å². The van der Waals surface area contributed by atoms with E-state index in [1.165, 1.54) is 22.6 Å². The third kappa shape index (κ3) is 5.22. The summed E-state index contributed by atoms with van der Waals surface area (Å²) in [6.45, 7) is 5.31. The number of nitrogens with zero attached hydrogens (tertiary/aromatic N) is 4. The first-order valence-corrected chi connectivity index (χ1v) is 11.6. The van der Waals surface area contributed by atoms with E-state index in [0.29, 0.717) is 43.4 Å². The zero-order chi connectivity index (χ0) is 24.5. The first-order valence-electron chi connectivity index (χ1n) is 11.6. The summed E-state index contributed by atoms with van der Waals surface area (Å²) in [7, 11) is 0. The van der Waals surface area contributed by atoms with Gasteiger partial charge in [-0.15, -0.1) is 10.2 Å². The minimum Gasteiger partial charge on any atom is -0.307 e. The molecular formula is C24H28F5N5. The standard InChI is InChI=1S/C22H22F5N5.C2H6/c23-15-3-4-16(17(24)10-15)18-12-31(8-6-28-18)11-14-5-7-32-19(9-13-1-2-13)29-30-21(32)20(14)22(25,26)27;1-2/h3-5,7,10,13,18,28H,1-2,6,8-9,11-12H2;1-2H3. The van der Waals surface area contributed by atoms with E-state index in [-0.39, 0.29) is 17.8 Å². The number of pyridine rings is 1. The molecule has 1 N–H and O–H groups in total. The summed E-state index contributed by atoms with van der Waals surface area (Å²) < 4.78 is 71.1. The zero-order valence-corrected chi connectivity index (χ0v) is 19.2. The Morgan fingerprint density at radius 3 is 2.53 bits per heavy atom. The van der Waals surface area contributed by atoms with Crippen LogP contribution in [0, 0.1) is 17.6 Å². The highest BCUT2D eigenvalue weighted by Gasteiger charge is 2.38. The van der Waals surface area contributed by atoms with E-state index in [2.05, 4.69) is 15.5 Å². The molecule has 2 fully saturated rings. The molecular weight excluding hydrogens is 453 g/mol. The lowest BCUT2D eigenvalue weighted by Crippen LogP contribution is -2.45. The average molecular weight is 482 g/mol. The monoisotopic (exact) mass is 481 g/mol. The number of halogens is 5. The van der Waals surface area contributed by atoms with Gasteiger partial charge in [-0.2, -0.15) is 13.2 Å². The fourth-order valence-electron chi connectivity index (χ4n) is 4.39. The molecule has 3 aromatic rings. The van der Waals surface area contributed by atoms with Crippen LogP contribution in [0.25, 0.3) is 5.65 Å². The molecule has 10 heteroatoms. The molecule has 0 amide bonds. The molecule has 1 aliphatic heterocycles. The fourth-order valence-corrected chi connectivity index (χ4v) is 4.39. The van der Waals surface area contributed by atoms with Crippen LogP contribution < -0.4 is 5.32 Å². The average Bonchev–Trinajstić information content (AvgIpc) is 3.53. The molecule has 3 heterocycles. The number of hydrogen-bond donors (Lipinski definition) is 1. The minimum absolute atomic E-state index is 0.0388. The van der Waals surface area contributed by atoms with Gasteiger partial charge < -0.3 is 5.32 Å². The Morgan fingerprint density at radius 1 is 1.09 bits per heavy atom. The summed E-state index contributed by atoms with van der Waals surface area (Å²) in [4.78, 5) is 1.84. The highest BCUT2D eigenvalue weighted by molar-refractivity contribution is 5.53. The maximum atomic E-state index is 14.2. The van der Waals surface area contributed by atoms with Gasteiger partial charge in [-0.1, -0.05) is 19.9 Å². The highest BCUT2D eigenvalue weighted by atomic mass is 19.4. The first kappa shape index (κ1) is 24.5. The van der Waals surface area contributed by atoms with E-state index < -0.39 is 29.4 Å². The fraction of sp³-hybridized carbons (Fsp3) is 0.500. The molecule has 0 bridgehead atoms. The molecule has 5 nitrogen and oxygen atoms in total. The lowest BCUT2D eigenvalue weighted by Gasteiger charge is -2.34. The maximum Gasteiger partial charge on any atom is 0.420 e. The van der Waals surface area contributed by atoms with Crippen LogP contribution in [0.15, 0.2) is 30.5 Å². The zero-order valence-electron chi connectivity index (χ0n) is 19.2. The Bertz CT molecular complexity index is 1140. The van der Waals surface area contributed by atoms with E-state index in [4.69, 9.17) is 0 Å². The lowest BCUT2D eigenvalue weighted by atomic mass is 10.0. The van der Waals surface area contributed by atoms with Crippen molar-refractivity contribution in [2.24, 2.45) is 5.92 Å².